The van der Waals surface area contributed by atoms with Gasteiger partial charge < -0.3 is 4.74 Å². The van der Waals surface area contributed by atoms with E-state index in [1.807, 2.05) is 30.3 Å². The molecule has 0 N–H and O–H groups in total. The Balaban J connectivity index is 2.32. The Bertz CT molecular complexity index is 702. The van der Waals surface area contributed by atoms with Gasteiger partial charge in [-0.1, -0.05) is 24.8 Å². The van der Waals surface area contributed by atoms with Gasteiger partial charge in [0.15, 0.2) is 0 Å². The van der Waals surface area contributed by atoms with E-state index in [2.05, 4.69) is 13.0 Å². The minimum absolute atomic E-state index is 0.297. The van der Waals surface area contributed by atoms with Crippen molar-refractivity contribution in [2.24, 2.45) is 0 Å². The van der Waals surface area contributed by atoms with Crippen molar-refractivity contribution >= 4 is 17.7 Å². The molecule has 0 heterocycles. The van der Waals surface area contributed by atoms with Gasteiger partial charge in [-0.05, 0) is 55.3 Å². The molecule has 4 heteroatoms. The molecule has 0 atom stereocenters. The molecule has 0 aromatic heterocycles. The van der Waals surface area contributed by atoms with Crippen molar-refractivity contribution in [1.82, 2.24) is 0 Å². The highest BCUT2D eigenvalue weighted by Crippen LogP contribution is 2.31. The van der Waals surface area contributed by atoms with E-state index in [9.17, 15) is 4.79 Å². The van der Waals surface area contributed by atoms with E-state index in [4.69, 9.17) is 10.00 Å². The van der Waals surface area contributed by atoms with Gasteiger partial charge in [-0.3, -0.25) is 0 Å². The van der Waals surface area contributed by atoms with Crippen LogP contribution in [0, 0.1) is 11.3 Å². The number of hydrogen-bond acceptors (Lipinski definition) is 4. The van der Waals surface area contributed by atoms with Crippen LogP contribution in [0.5, 0.6) is 0 Å². The van der Waals surface area contributed by atoms with Crippen molar-refractivity contribution < 1.29 is 9.53 Å². The molecule has 0 aliphatic rings. The third-order valence-electron chi connectivity index (χ3n) is 3.16. The lowest BCUT2D eigenvalue weighted by molar-refractivity contribution is 0.0522. The van der Waals surface area contributed by atoms with Crippen LogP contribution in [0.25, 0.3) is 0 Å². The summed E-state index contributed by atoms with van der Waals surface area (Å²) >= 11 is 1.50. The Labute approximate surface area is 134 Å². The van der Waals surface area contributed by atoms with Crippen molar-refractivity contribution in [3.63, 3.8) is 0 Å². The fraction of sp³-hybridized carbons (Fsp3) is 0.222. The Morgan fingerprint density at radius 1 is 1.18 bits per heavy atom. The summed E-state index contributed by atoms with van der Waals surface area (Å²) in [6.07, 6.45) is 0.869. The zero-order valence-electron chi connectivity index (χ0n) is 12.6. The molecule has 0 saturated heterocycles. The number of rotatable bonds is 5. The van der Waals surface area contributed by atoms with Crippen LogP contribution >= 0.6 is 11.8 Å². The molecule has 2 aromatic carbocycles. The highest BCUT2D eigenvalue weighted by molar-refractivity contribution is 7.99. The number of benzene rings is 2. The van der Waals surface area contributed by atoms with E-state index in [-0.39, 0.29) is 5.97 Å². The Kier molecular flexibility index (Phi) is 5.62. The summed E-state index contributed by atoms with van der Waals surface area (Å²) in [7, 11) is 0. The molecule has 3 nitrogen and oxygen atoms in total. The molecular weight excluding hydrogens is 294 g/mol. The van der Waals surface area contributed by atoms with Gasteiger partial charge in [-0.2, -0.15) is 5.26 Å². The molecular formula is C18H17NO2S. The largest absolute Gasteiger partial charge is 0.462 e. The van der Waals surface area contributed by atoms with Gasteiger partial charge in [0.1, 0.15) is 0 Å². The molecule has 0 unspecified atom stereocenters. The van der Waals surface area contributed by atoms with Crippen LogP contribution in [0.15, 0.2) is 52.3 Å². The zero-order valence-corrected chi connectivity index (χ0v) is 13.4. The first-order chi connectivity index (χ1) is 10.7. The molecule has 0 saturated carbocycles. The third kappa shape index (κ3) is 3.90. The second kappa shape index (κ2) is 7.67. The Morgan fingerprint density at radius 2 is 1.91 bits per heavy atom. The maximum absolute atomic E-state index is 12.1. The molecule has 0 fully saturated rings. The van der Waals surface area contributed by atoms with Gasteiger partial charge in [0.05, 0.1) is 23.8 Å². The number of esters is 1. The predicted octanol–water partition coefficient (Wildman–Crippen LogP) is 4.45. The van der Waals surface area contributed by atoms with Gasteiger partial charge in [-0.25, -0.2) is 4.79 Å². The van der Waals surface area contributed by atoms with Gasteiger partial charge in [0.25, 0.3) is 0 Å². The monoisotopic (exact) mass is 311 g/mol. The van der Waals surface area contributed by atoms with E-state index in [1.165, 1.54) is 11.8 Å². The number of aryl methyl sites for hydroxylation is 1. The molecule has 0 aliphatic carbocycles. The molecule has 0 radical (unpaired) electrons. The van der Waals surface area contributed by atoms with Crippen molar-refractivity contribution in [3.05, 3.63) is 59.2 Å². The second-order valence-electron chi connectivity index (χ2n) is 4.64. The summed E-state index contributed by atoms with van der Waals surface area (Å²) in [4.78, 5) is 14.0. The number of carbonyl (C=O) groups is 1. The summed E-state index contributed by atoms with van der Waals surface area (Å²) in [5, 5.41) is 8.83. The van der Waals surface area contributed by atoms with E-state index in [1.54, 1.807) is 19.1 Å². The molecule has 22 heavy (non-hydrogen) atoms. The number of nitrogens with zero attached hydrogens (tertiary/aromatic N) is 1. The summed E-state index contributed by atoms with van der Waals surface area (Å²) in [6.45, 7) is 4.21. The topological polar surface area (TPSA) is 50.1 Å². The minimum Gasteiger partial charge on any atom is -0.462 e. The van der Waals surface area contributed by atoms with Crippen molar-refractivity contribution in [1.29, 1.82) is 5.26 Å². The standard InChI is InChI=1S/C18H17NO2S/c1-3-13-7-10-17(16(11-13)18(20)21-4-2)22-15-8-5-14(12-19)6-9-15/h5-11H,3-4H2,1-2H3. The molecule has 0 amide bonds. The van der Waals surface area contributed by atoms with Crippen LogP contribution in [0.4, 0.5) is 0 Å². The van der Waals surface area contributed by atoms with Crippen LogP contribution < -0.4 is 0 Å². The molecule has 0 spiro atoms. The normalized spacial score (nSPS) is 10.0. The molecule has 0 aliphatic heterocycles. The molecule has 2 aromatic rings. The van der Waals surface area contributed by atoms with E-state index < -0.39 is 0 Å². The van der Waals surface area contributed by atoms with E-state index >= 15 is 0 Å². The zero-order chi connectivity index (χ0) is 15.9. The number of nitriles is 1. The first kappa shape index (κ1) is 16.1. The summed E-state index contributed by atoms with van der Waals surface area (Å²) in [5.74, 6) is -0.297. The van der Waals surface area contributed by atoms with Crippen molar-refractivity contribution in [3.8, 4) is 6.07 Å². The summed E-state index contributed by atoms with van der Waals surface area (Å²) in [5.41, 5.74) is 2.32. The highest BCUT2D eigenvalue weighted by Gasteiger charge is 2.14. The maximum atomic E-state index is 12.1. The minimum atomic E-state index is -0.297. The number of hydrogen-bond donors (Lipinski definition) is 0. The van der Waals surface area contributed by atoms with Crippen LogP contribution in [-0.4, -0.2) is 12.6 Å². The van der Waals surface area contributed by atoms with Gasteiger partial charge in [0, 0.05) is 9.79 Å². The van der Waals surface area contributed by atoms with Crippen molar-refractivity contribution in [2.75, 3.05) is 6.61 Å². The lowest BCUT2D eigenvalue weighted by atomic mass is 10.1. The Morgan fingerprint density at radius 3 is 2.50 bits per heavy atom. The summed E-state index contributed by atoms with van der Waals surface area (Å²) < 4.78 is 5.15. The predicted molar refractivity (Wildman–Crippen MR) is 87.1 cm³/mol. The number of carbonyl (C=O) groups excluding carboxylic acids is 1. The quantitative estimate of drug-likeness (QED) is 0.766. The number of ether oxygens (including phenoxy) is 1. The third-order valence-corrected chi connectivity index (χ3v) is 4.24. The molecule has 0 bridgehead atoms. The fourth-order valence-electron chi connectivity index (χ4n) is 1.98. The smallest absolute Gasteiger partial charge is 0.339 e. The van der Waals surface area contributed by atoms with Crippen molar-refractivity contribution in [2.45, 2.75) is 30.1 Å². The fourth-order valence-corrected chi connectivity index (χ4v) is 2.89. The average Bonchev–Trinajstić information content (AvgIpc) is 2.56. The average molecular weight is 311 g/mol. The first-order valence-corrected chi connectivity index (χ1v) is 7.97. The SMILES string of the molecule is CCOC(=O)c1cc(CC)ccc1Sc1ccc(C#N)cc1. The van der Waals surface area contributed by atoms with Crippen LogP contribution in [-0.2, 0) is 11.2 Å². The highest BCUT2D eigenvalue weighted by atomic mass is 32.2. The van der Waals surface area contributed by atoms with Gasteiger partial charge >= 0.3 is 5.97 Å². The van der Waals surface area contributed by atoms with E-state index in [0.717, 1.165) is 21.8 Å². The van der Waals surface area contributed by atoms with Crippen LogP contribution in [0.3, 0.4) is 0 Å². The maximum Gasteiger partial charge on any atom is 0.339 e. The van der Waals surface area contributed by atoms with Crippen LogP contribution in [0.2, 0.25) is 0 Å². The Hall–Kier alpha value is -2.25. The van der Waals surface area contributed by atoms with Gasteiger partial charge in [-0.15, -0.1) is 0 Å². The van der Waals surface area contributed by atoms with Gasteiger partial charge in [0.2, 0.25) is 0 Å². The summed E-state index contributed by atoms with van der Waals surface area (Å²) in [6, 6.07) is 15.3. The lowest BCUT2D eigenvalue weighted by Gasteiger charge is -2.10. The second-order valence-corrected chi connectivity index (χ2v) is 5.76. The lowest BCUT2D eigenvalue weighted by Crippen LogP contribution is -2.06. The molecule has 2 rings (SSSR count). The van der Waals surface area contributed by atoms with Crippen LogP contribution in [0.1, 0.15) is 35.3 Å². The first-order valence-electron chi connectivity index (χ1n) is 7.16. The van der Waals surface area contributed by atoms with E-state index in [0.29, 0.717) is 17.7 Å². The molecule has 112 valence electrons.